The Morgan fingerprint density at radius 1 is 1.00 bits per heavy atom. The predicted molar refractivity (Wildman–Crippen MR) is 109 cm³/mol. The minimum absolute atomic E-state index is 0.0469. The van der Waals surface area contributed by atoms with Gasteiger partial charge in [-0.1, -0.05) is 41.5 Å². The van der Waals surface area contributed by atoms with E-state index in [1.807, 2.05) is 19.9 Å². The van der Waals surface area contributed by atoms with Gasteiger partial charge in [0.2, 0.25) is 0 Å². The number of pyridine rings is 1. The second-order valence-corrected chi connectivity index (χ2v) is 8.84. The van der Waals surface area contributed by atoms with Gasteiger partial charge in [0.15, 0.2) is 9.84 Å². The molecule has 1 heterocycles. The standard InChI is InChI=1S/C22H22N2O3S/c1-16-8-10-20(11-9-16)28(26,27)21(19-7-4-12-23-14-19)15-24-22(25)18-6-3-5-17(2)13-18/h3-14,21H,15H2,1-2H3,(H,24,25)/t21-/m1/s1. The Bertz CT molecular complexity index is 1060. The molecule has 2 aromatic carbocycles. The first-order valence-electron chi connectivity index (χ1n) is 8.93. The molecular formula is C22H22N2O3S. The van der Waals surface area contributed by atoms with E-state index in [9.17, 15) is 13.2 Å². The van der Waals surface area contributed by atoms with E-state index in [0.717, 1.165) is 11.1 Å². The monoisotopic (exact) mass is 394 g/mol. The number of nitrogens with zero attached hydrogens (tertiary/aromatic N) is 1. The topological polar surface area (TPSA) is 76.1 Å². The number of carbonyl (C=O) groups excluding carboxylic acids is 1. The smallest absolute Gasteiger partial charge is 0.251 e. The summed E-state index contributed by atoms with van der Waals surface area (Å²) in [7, 11) is -3.71. The van der Waals surface area contributed by atoms with Crippen molar-refractivity contribution >= 4 is 15.7 Å². The van der Waals surface area contributed by atoms with E-state index in [1.54, 1.807) is 60.8 Å². The lowest BCUT2D eigenvalue weighted by molar-refractivity contribution is 0.0953. The maximum absolute atomic E-state index is 13.3. The zero-order chi connectivity index (χ0) is 20.1. The Morgan fingerprint density at radius 2 is 1.75 bits per heavy atom. The molecule has 1 atom stereocenters. The number of nitrogens with one attached hydrogen (secondary N) is 1. The fourth-order valence-electron chi connectivity index (χ4n) is 2.94. The third-order valence-corrected chi connectivity index (χ3v) is 6.63. The number of rotatable bonds is 6. The number of sulfone groups is 1. The number of aromatic nitrogens is 1. The molecule has 0 aliphatic rings. The van der Waals surface area contributed by atoms with Crippen LogP contribution in [0.25, 0.3) is 0 Å². The van der Waals surface area contributed by atoms with Gasteiger partial charge in [-0.2, -0.15) is 0 Å². The number of benzene rings is 2. The molecule has 28 heavy (non-hydrogen) atoms. The molecule has 1 amide bonds. The van der Waals surface area contributed by atoms with Crippen LogP contribution in [0.1, 0.15) is 32.3 Å². The molecule has 6 heteroatoms. The van der Waals surface area contributed by atoms with E-state index in [2.05, 4.69) is 10.3 Å². The Hall–Kier alpha value is -2.99. The first-order chi connectivity index (χ1) is 13.4. The van der Waals surface area contributed by atoms with Crippen LogP contribution in [-0.4, -0.2) is 25.9 Å². The summed E-state index contributed by atoms with van der Waals surface area (Å²) >= 11 is 0. The van der Waals surface area contributed by atoms with Gasteiger partial charge in [-0.15, -0.1) is 0 Å². The van der Waals surface area contributed by atoms with Crippen LogP contribution in [0, 0.1) is 13.8 Å². The molecule has 0 fully saturated rings. The van der Waals surface area contributed by atoms with Gasteiger partial charge in [-0.25, -0.2) is 8.42 Å². The highest BCUT2D eigenvalue weighted by atomic mass is 32.2. The van der Waals surface area contributed by atoms with Gasteiger partial charge in [0.25, 0.3) is 5.91 Å². The summed E-state index contributed by atoms with van der Waals surface area (Å²) in [5.74, 6) is -0.309. The van der Waals surface area contributed by atoms with Crippen molar-refractivity contribution in [3.8, 4) is 0 Å². The quantitative estimate of drug-likeness (QED) is 0.692. The first kappa shape index (κ1) is 19.8. The molecule has 0 radical (unpaired) electrons. The largest absolute Gasteiger partial charge is 0.350 e. The number of hydrogen-bond donors (Lipinski definition) is 1. The third kappa shape index (κ3) is 4.46. The van der Waals surface area contributed by atoms with E-state index in [-0.39, 0.29) is 17.3 Å². The molecule has 0 bridgehead atoms. The Balaban J connectivity index is 1.90. The molecule has 0 aliphatic heterocycles. The molecule has 0 saturated heterocycles. The second kappa shape index (κ2) is 8.35. The van der Waals surface area contributed by atoms with E-state index < -0.39 is 15.1 Å². The third-order valence-electron chi connectivity index (χ3n) is 4.51. The molecule has 0 saturated carbocycles. The lowest BCUT2D eigenvalue weighted by atomic mass is 10.1. The second-order valence-electron chi connectivity index (χ2n) is 6.71. The van der Waals surface area contributed by atoms with Gasteiger partial charge in [-0.3, -0.25) is 9.78 Å². The molecule has 0 unspecified atom stereocenters. The fourth-order valence-corrected chi connectivity index (χ4v) is 4.58. The molecule has 3 rings (SSSR count). The Kier molecular flexibility index (Phi) is 5.90. The maximum atomic E-state index is 13.3. The normalized spacial score (nSPS) is 12.4. The van der Waals surface area contributed by atoms with Crippen molar-refractivity contribution < 1.29 is 13.2 Å². The molecule has 0 aliphatic carbocycles. The highest BCUT2D eigenvalue weighted by molar-refractivity contribution is 7.91. The van der Waals surface area contributed by atoms with Gasteiger partial charge >= 0.3 is 0 Å². The highest BCUT2D eigenvalue weighted by Crippen LogP contribution is 2.28. The SMILES string of the molecule is Cc1ccc(S(=O)(=O)[C@H](CNC(=O)c2cccc(C)c2)c2cccnc2)cc1. The minimum atomic E-state index is -3.71. The van der Waals surface area contributed by atoms with Crippen molar-refractivity contribution in [2.45, 2.75) is 24.0 Å². The Morgan fingerprint density at radius 3 is 2.39 bits per heavy atom. The molecule has 1 aromatic heterocycles. The van der Waals surface area contributed by atoms with Crippen LogP contribution >= 0.6 is 0 Å². The molecular weight excluding hydrogens is 372 g/mol. The fraction of sp³-hybridized carbons (Fsp3) is 0.182. The Labute approximate surface area is 165 Å². The first-order valence-corrected chi connectivity index (χ1v) is 10.5. The number of aryl methyl sites for hydroxylation is 2. The van der Waals surface area contributed by atoms with E-state index in [1.165, 1.54) is 6.20 Å². The molecule has 5 nitrogen and oxygen atoms in total. The van der Waals surface area contributed by atoms with Gasteiger partial charge in [0.1, 0.15) is 5.25 Å². The number of carbonyl (C=O) groups is 1. The van der Waals surface area contributed by atoms with Crippen molar-refractivity contribution in [3.63, 3.8) is 0 Å². The van der Waals surface area contributed by atoms with Crippen molar-refractivity contribution in [2.24, 2.45) is 0 Å². The zero-order valence-electron chi connectivity index (χ0n) is 15.8. The lowest BCUT2D eigenvalue weighted by Gasteiger charge is -2.19. The van der Waals surface area contributed by atoms with E-state index >= 15 is 0 Å². The zero-order valence-corrected chi connectivity index (χ0v) is 16.6. The van der Waals surface area contributed by atoms with Gasteiger partial charge < -0.3 is 5.32 Å². The molecule has 1 N–H and O–H groups in total. The van der Waals surface area contributed by atoms with Crippen LogP contribution in [-0.2, 0) is 9.84 Å². The number of amides is 1. The van der Waals surface area contributed by atoms with E-state index in [0.29, 0.717) is 11.1 Å². The average molecular weight is 394 g/mol. The lowest BCUT2D eigenvalue weighted by Crippen LogP contribution is -2.32. The van der Waals surface area contributed by atoms with Crippen LogP contribution in [0.15, 0.2) is 78.0 Å². The van der Waals surface area contributed by atoms with Crippen molar-refractivity contribution in [1.82, 2.24) is 10.3 Å². The summed E-state index contributed by atoms with van der Waals surface area (Å²) in [5.41, 5.74) is 2.97. The summed E-state index contributed by atoms with van der Waals surface area (Å²) in [6.45, 7) is 3.75. The predicted octanol–water partition coefficient (Wildman–Crippen LogP) is 3.64. The number of hydrogen-bond acceptors (Lipinski definition) is 4. The molecule has 0 spiro atoms. The van der Waals surface area contributed by atoms with Gasteiger partial charge in [0, 0.05) is 24.5 Å². The van der Waals surface area contributed by atoms with Crippen LogP contribution in [0.2, 0.25) is 0 Å². The summed E-state index contributed by atoms with van der Waals surface area (Å²) in [5, 5.41) is 1.83. The molecule has 3 aromatic rings. The highest BCUT2D eigenvalue weighted by Gasteiger charge is 2.30. The van der Waals surface area contributed by atoms with Crippen LogP contribution in [0.3, 0.4) is 0 Å². The average Bonchev–Trinajstić information content (AvgIpc) is 2.69. The van der Waals surface area contributed by atoms with Crippen molar-refractivity contribution in [3.05, 3.63) is 95.3 Å². The van der Waals surface area contributed by atoms with Gasteiger partial charge in [0.05, 0.1) is 4.90 Å². The minimum Gasteiger partial charge on any atom is -0.350 e. The summed E-state index contributed by atoms with van der Waals surface area (Å²) < 4.78 is 26.5. The summed E-state index contributed by atoms with van der Waals surface area (Å²) in [6.07, 6.45) is 3.11. The summed E-state index contributed by atoms with van der Waals surface area (Å²) in [6, 6.07) is 17.3. The van der Waals surface area contributed by atoms with Crippen molar-refractivity contribution in [1.29, 1.82) is 0 Å². The van der Waals surface area contributed by atoms with Crippen LogP contribution < -0.4 is 5.32 Å². The van der Waals surface area contributed by atoms with Crippen LogP contribution in [0.4, 0.5) is 0 Å². The van der Waals surface area contributed by atoms with Crippen molar-refractivity contribution in [2.75, 3.05) is 6.54 Å². The van der Waals surface area contributed by atoms with Crippen LogP contribution in [0.5, 0.6) is 0 Å². The van der Waals surface area contributed by atoms with E-state index in [4.69, 9.17) is 0 Å². The molecule has 144 valence electrons. The van der Waals surface area contributed by atoms with Gasteiger partial charge in [-0.05, 0) is 49.7 Å². The summed E-state index contributed by atoms with van der Waals surface area (Å²) in [4.78, 5) is 16.8. The maximum Gasteiger partial charge on any atom is 0.251 e.